The number of allylic oxidation sites excluding steroid dienone is 2. The van der Waals surface area contributed by atoms with E-state index < -0.39 is 5.97 Å². The van der Waals surface area contributed by atoms with Crippen molar-refractivity contribution in [3.05, 3.63) is 41.5 Å². The molecule has 0 aromatic heterocycles. The Hall–Kier alpha value is -1.77. The van der Waals surface area contributed by atoms with Gasteiger partial charge in [-0.2, -0.15) is 0 Å². The van der Waals surface area contributed by atoms with Gasteiger partial charge in [0.1, 0.15) is 0 Å². The zero-order valence-electron chi connectivity index (χ0n) is 11.3. The molecule has 3 unspecified atom stereocenters. The van der Waals surface area contributed by atoms with E-state index in [4.69, 9.17) is 0 Å². The molecule has 0 saturated heterocycles. The van der Waals surface area contributed by atoms with Crippen LogP contribution in [0.15, 0.2) is 30.4 Å². The van der Waals surface area contributed by atoms with Gasteiger partial charge in [-0.15, -0.1) is 0 Å². The lowest BCUT2D eigenvalue weighted by molar-refractivity contribution is 0.0697. The van der Waals surface area contributed by atoms with Crippen LogP contribution in [0.2, 0.25) is 0 Å². The molecule has 1 aromatic rings. The maximum Gasteiger partial charge on any atom is 0.337 e. The van der Waals surface area contributed by atoms with Crippen LogP contribution < -0.4 is 5.32 Å². The van der Waals surface area contributed by atoms with Crippen LogP contribution in [-0.2, 0) is 0 Å². The Balaban J connectivity index is 2.13. The molecule has 0 fully saturated rings. The third-order valence-electron chi connectivity index (χ3n) is 4.39. The number of carboxylic acids is 1. The average molecular weight is 257 g/mol. The molecule has 1 aliphatic carbocycles. The van der Waals surface area contributed by atoms with Gasteiger partial charge < -0.3 is 10.4 Å². The Morgan fingerprint density at radius 1 is 1.42 bits per heavy atom. The van der Waals surface area contributed by atoms with Gasteiger partial charge in [0, 0.05) is 12.0 Å². The molecule has 2 N–H and O–H groups in total. The Morgan fingerprint density at radius 2 is 2.21 bits per heavy atom. The number of para-hydroxylation sites is 1. The first-order valence-corrected chi connectivity index (χ1v) is 6.89. The van der Waals surface area contributed by atoms with Crippen LogP contribution in [0.4, 0.5) is 5.69 Å². The summed E-state index contributed by atoms with van der Waals surface area (Å²) in [5.74, 6) is 0.550. The fourth-order valence-electron chi connectivity index (χ4n) is 3.50. The maximum absolute atomic E-state index is 11.4. The van der Waals surface area contributed by atoms with Crippen LogP contribution in [0.1, 0.15) is 42.1 Å². The van der Waals surface area contributed by atoms with E-state index in [-0.39, 0.29) is 0 Å². The van der Waals surface area contributed by atoms with Gasteiger partial charge in [0.05, 0.1) is 11.3 Å². The number of hydrogen-bond acceptors (Lipinski definition) is 2. The lowest BCUT2D eigenvalue weighted by Gasteiger charge is -2.40. The zero-order valence-corrected chi connectivity index (χ0v) is 11.3. The van der Waals surface area contributed by atoms with Crippen LogP contribution in [-0.4, -0.2) is 17.1 Å². The molecule has 100 valence electrons. The van der Waals surface area contributed by atoms with E-state index in [9.17, 15) is 9.90 Å². The molecule has 1 aromatic carbocycles. The van der Waals surface area contributed by atoms with Crippen LogP contribution in [0, 0.1) is 11.8 Å². The average Bonchev–Trinajstić information content (AvgIpc) is 2.85. The van der Waals surface area contributed by atoms with Crippen LogP contribution >= 0.6 is 0 Å². The molecular weight excluding hydrogens is 238 g/mol. The van der Waals surface area contributed by atoms with Crippen molar-refractivity contribution in [3.8, 4) is 0 Å². The number of carbonyl (C=O) groups is 1. The maximum atomic E-state index is 11.4. The van der Waals surface area contributed by atoms with Crippen molar-refractivity contribution < 1.29 is 9.90 Å². The Morgan fingerprint density at radius 3 is 2.89 bits per heavy atom. The van der Waals surface area contributed by atoms with E-state index >= 15 is 0 Å². The Kier molecular flexibility index (Phi) is 2.85. The fraction of sp³-hybridized carbons (Fsp3) is 0.438. The van der Waals surface area contributed by atoms with Gasteiger partial charge in [0.2, 0.25) is 0 Å². The predicted octanol–water partition coefficient (Wildman–Crippen LogP) is 3.49. The topological polar surface area (TPSA) is 49.3 Å². The summed E-state index contributed by atoms with van der Waals surface area (Å²) in [6, 6.07) is 5.93. The Labute approximate surface area is 113 Å². The molecule has 1 aliphatic heterocycles. The summed E-state index contributed by atoms with van der Waals surface area (Å²) < 4.78 is 0. The van der Waals surface area contributed by atoms with E-state index in [0.717, 1.165) is 17.7 Å². The molecule has 1 heterocycles. The van der Waals surface area contributed by atoms with E-state index in [1.165, 1.54) is 0 Å². The number of carboxylic acid groups (broad SMARTS) is 1. The molecule has 3 rings (SSSR count). The highest BCUT2D eigenvalue weighted by Crippen LogP contribution is 2.47. The first-order valence-electron chi connectivity index (χ1n) is 6.89. The summed E-state index contributed by atoms with van der Waals surface area (Å²) in [4.78, 5) is 11.4. The second kappa shape index (κ2) is 4.41. The second-order valence-electron chi connectivity index (χ2n) is 5.84. The van der Waals surface area contributed by atoms with Crippen molar-refractivity contribution in [2.24, 2.45) is 11.8 Å². The highest BCUT2D eigenvalue weighted by Gasteiger charge is 2.39. The monoisotopic (exact) mass is 257 g/mol. The van der Waals surface area contributed by atoms with Crippen molar-refractivity contribution >= 4 is 11.7 Å². The summed E-state index contributed by atoms with van der Waals surface area (Å²) in [6.45, 7) is 4.39. The molecule has 0 radical (unpaired) electrons. The largest absolute Gasteiger partial charge is 0.478 e. The van der Waals surface area contributed by atoms with Gasteiger partial charge >= 0.3 is 5.97 Å². The minimum atomic E-state index is -0.854. The number of aromatic carboxylic acids is 1. The number of anilines is 1. The fourth-order valence-corrected chi connectivity index (χ4v) is 3.50. The minimum Gasteiger partial charge on any atom is -0.478 e. The molecular formula is C16H19NO2. The van der Waals surface area contributed by atoms with Crippen molar-refractivity contribution in [1.82, 2.24) is 0 Å². The minimum absolute atomic E-state index is 0.341. The molecule has 0 spiro atoms. The van der Waals surface area contributed by atoms with Crippen molar-refractivity contribution in [2.75, 3.05) is 5.32 Å². The summed E-state index contributed by atoms with van der Waals surface area (Å²) in [5, 5.41) is 12.8. The number of rotatable bonds is 2. The molecule has 0 bridgehead atoms. The lowest BCUT2D eigenvalue weighted by atomic mass is 9.75. The van der Waals surface area contributed by atoms with E-state index in [2.05, 4.69) is 37.4 Å². The van der Waals surface area contributed by atoms with Gasteiger partial charge in [-0.05, 0) is 29.9 Å². The number of benzene rings is 1. The number of fused-ring (bicyclic) bond motifs is 3. The molecule has 0 saturated carbocycles. The van der Waals surface area contributed by atoms with Gasteiger partial charge in [0.15, 0.2) is 0 Å². The van der Waals surface area contributed by atoms with Gasteiger partial charge in [0.25, 0.3) is 0 Å². The highest BCUT2D eigenvalue weighted by molar-refractivity contribution is 5.95. The first kappa shape index (κ1) is 12.3. The van der Waals surface area contributed by atoms with Crippen molar-refractivity contribution in [3.63, 3.8) is 0 Å². The number of nitrogens with one attached hydrogen (secondary N) is 1. The molecule has 3 nitrogen and oxygen atoms in total. The highest BCUT2D eigenvalue weighted by atomic mass is 16.4. The third-order valence-corrected chi connectivity index (χ3v) is 4.39. The second-order valence-corrected chi connectivity index (χ2v) is 5.84. The normalized spacial score (nSPS) is 27.8. The smallest absolute Gasteiger partial charge is 0.337 e. The zero-order chi connectivity index (χ0) is 13.6. The predicted molar refractivity (Wildman–Crippen MR) is 75.6 cm³/mol. The molecule has 19 heavy (non-hydrogen) atoms. The Bertz CT molecular complexity index is 548. The standard InChI is InChI=1S/C16H19NO2/c1-9(2)14-11-6-3-5-10(11)12-7-4-8-13(16(18)19)15(12)17-14/h3-5,7-11,14,17H,6H2,1-2H3,(H,18,19). The van der Waals surface area contributed by atoms with Crippen molar-refractivity contribution in [1.29, 1.82) is 0 Å². The van der Waals surface area contributed by atoms with E-state index in [0.29, 0.717) is 29.4 Å². The summed E-state index contributed by atoms with van der Waals surface area (Å²) >= 11 is 0. The first-order chi connectivity index (χ1) is 9.09. The quantitative estimate of drug-likeness (QED) is 0.797. The van der Waals surface area contributed by atoms with Gasteiger partial charge in [-0.3, -0.25) is 0 Å². The summed E-state index contributed by atoms with van der Waals surface area (Å²) in [7, 11) is 0. The van der Waals surface area contributed by atoms with Crippen LogP contribution in [0.25, 0.3) is 0 Å². The summed E-state index contributed by atoms with van der Waals surface area (Å²) in [6.07, 6.45) is 5.55. The summed E-state index contributed by atoms with van der Waals surface area (Å²) in [5.41, 5.74) is 2.35. The SMILES string of the molecule is CC(C)C1Nc2c(C(=O)O)cccc2C2C=CCC21. The molecule has 2 aliphatic rings. The van der Waals surface area contributed by atoms with Crippen molar-refractivity contribution in [2.45, 2.75) is 32.2 Å². The molecule has 3 atom stereocenters. The third kappa shape index (κ3) is 1.84. The number of hydrogen-bond donors (Lipinski definition) is 2. The lowest BCUT2D eigenvalue weighted by Crippen LogP contribution is -2.40. The van der Waals surface area contributed by atoms with E-state index in [1.54, 1.807) is 6.07 Å². The molecule has 3 heteroatoms. The van der Waals surface area contributed by atoms with Gasteiger partial charge in [-0.1, -0.05) is 38.1 Å². The van der Waals surface area contributed by atoms with Gasteiger partial charge in [-0.25, -0.2) is 4.79 Å². The van der Waals surface area contributed by atoms with Crippen LogP contribution in [0.5, 0.6) is 0 Å². The van der Waals surface area contributed by atoms with E-state index in [1.807, 2.05) is 6.07 Å². The van der Waals surface area contributed by atoms with Crippen LogP contribution in [0.3, 0.4) is 0 Å². The molecule has 0 amide bonds.